The van der Waals surface area contributed by atoms with Gasteiger partial charge in [-0.05, 0) is 71.7 Å². The third kappa shape index (κ3) is 3.34. The summed E-state index contributed by atoms with van der Waals surface area (Å²) in [5.74, 6) is 0. The van der Waals surface area contributed by atoms with Crippen molar-refractivity contribution in [2.75, 3.05) is 0 Å². The summed E-state index contributed by atoms with van der Waals surface area (Å²) in [5.41, 5.74) is -0.800. The van der Waals surface area contributed by atoms with Crippen molar-refractivity contribution in [1.29, 1.82) is 0 Å². The van der Waals surface area contributed by atoms with Crippen LogP contribution < -0.4 is 0 Å². The van der Waals surface area contributed by atoms with Crippen LogP contribution in [0.5, 0.6) is 0 Å². The van der Waals surface area contributed by atoms with Crippen LogP contribution in [0, 0.1) is 0 Å². The third-order valence-electron chi connectivity index (χ3n) is 7.31. The molecule has 0 saturated carbocycles. The molecule has 2 heterocycles. The predicted molar refractivity (Wildman–Crippen MR) is 119 cm³/mol. The van der Waals surface area contributed by atoms with Crippen molar-refractivity contribution in [3.05, 3.63) is 48.0 Å². The average Bonchev–Trinajstić information content (AvgIpc) is 2.94. The van der Waals surface area contributed by atoms with Gasteiger partial charge in [-0.3, -0.25) is 0 Å². The molecule has 0 unspecified atom stereocenters. The van der Waals surface area contributed by atoms with E-state index in [1.54, 1.807) is 0 Å². The summed E-state index contributed by atoms with van der Waals surface area (Å²) in [4.78, 5) is 0. The summed E-state index contributed by atoms with van der Waals surface area (Å²) >= 11 is 0. The molecule has 0 radical (unpaired) electrons. The molecule has 2 aliphatic heterocycles. The van der Waals surface area contributed by atoms with E-state index in [2.05, 4.69) is 97.9 Å². The fourth-order valence-electron chi connectivity index (χ4n) is 4.03. The Labute approximate surface area is 175 Å². The molecule has 2 aromatic carbocycles. The molecule has 0 N–H and O–H groups in total. The molecule has 2 aliphatic rings. The summed E-state index contributed by atoms with van der Waals surface area (Å²) in [7, 11) is -0.944. The maximum Gasteiger partial charge on any atom is 0.463 e. The number of hydrogen-bond donors (Lipinski definition) is 0. The molecule has 4 rings (SSSR count). The molecule has 4 nitrogen and oxygen atoms in total. The summed E-state index contributed by atoms with van der Waals surface area (Å²) in [5, 5.41) is 2.35. The molecule has 0 amide bonds. The van der Waals surface area contributed by atoms with Crippen LogP contribution >= 0.6 is 0 Å². The first-order chi connectivity index (χ1) is 13.3. The van der Waals surface area contributed by atoms with Gasteiger partial charge < -0.3 is 18.6 Å². The Morgan fingerprint density at radius 3 is 1.48 bits per heavy atom. The van der Waals surface area contributed by atoms with Gasteiger partial charge in [-0.1, -0.05) is 42.5 Å². The summed E-state index contributed by atoms with van der Waals surface area (Å²) in [6.45, 7) is 16.6. The maximum atomic E-state index is 6.50. The van der Waals surface area contributed by atoms with Crippen molar-refractivity contribution < 1.29 is 18.6 Å². The Kier molecular flexibility index (Phi) is 4.75. The highest BCUT2D eigenvalue weighted by atomic mass is 16.7. The van der Waals surface area contributed by atoms with E-state index in [-0.39, 0.29) is 5.72 Å². The van der Waals surface area contributed by atoms with Crippen molar-refractivity contribution >= 4 is 25.0 Å². The monoisotopic (exact) mass is 394 g/mol. The molecule has 0 bridgehead atoms. The minimum absolute atomic E-state index is 0.219. The van der Waals surface area contributed by atoms with Gasteiger partial charge in [0.1, 0.15) is 0 Å². The minimum atomic E-state index is -0.472. The van der Waals surface area contributed by atoms with Gasteiger partial charge in [-0.25, -0.2) is 0 Å². The molecule has 0 spiro atoms. The zero-order valence-electron chi connectivity index (χ0n) is 18.9. The zero-order chi connectivity index (χ0) is 21.2. The Hall–Kier alpha value is -1.33. The second kappa shape index (κ2) is 6.58. The molecule has 0 atom stereocenters. The largest absolute Gasteiger partial charge is 0.463 e. The van der Waals surface area contributed by atoms with Crippen LogP contribution in [0.2, 0.25) is 0 Å². The van der Waals surface area contributed by atoms with E-state index in [1.807, 2.05) is 0 Å². The van der Waals surface area contributed by atoms with Gasteiger partial charge in [-0.2, -0.15) is 0 Å². The molecule has 2 aromatic rings. The van der Waals surface area contributed by atoms with Gasteiger partial charge in [-0.15, -0.1) is 0 Å². The van der Waals surface area contributed by atoms with Gasteiger partial charge in [0.05, 0.1) is 28.1 Å². The van der Waals surface area contributed by atoms with E-state index in [9.17, 15) is 0 Å². The molecule has 0 aliphatic carbocycles. The van der Waals surface area contributed by atoms with Crippen LogP contribution in [0.15, 0.2) is 42.5 Å². The van der Waals surface area contributed by atoms with Crippen LogP contribution in [0.25, 0.3) is 10.8 Å². The summed E-state index contributed by atoms with van der Waals surface area (Å²) in [6, 6.07) is 14.8. The van der Waals surface area contributed by atoms with Crippen LogP contribution in [-0.4, -0.2) is 36.6 Å². The van der Waals surface area contributed by atoms with E-state index in [0.717, 1.165) is 5.56 Å². The normalized spacial score (nSPS) is 24.6. The second-order valence-corrected chi connectivity index (χ2v) is 10.3. The molecule has 0 aromatic heterocycles. The average molecular weight is 394 g/mol. The molecule has 2 saturated heterocycles. The number of hydrogen-bond acceptors (Lipinski definition) is 4. The van der Waals surface area contributed by atoms with E-state index in [1.165, 1.54) is 10.8 Å². The van der Waals surface area contributed by atoms with Gasteiger partial charge in [0.2, 0.25) is 0 Å². The van der Waals surface area contributed by atoms with Crippen LogP contribution in [-0.2, 0) is 18.6 Å². The van der Waals surface area contributed by atoms with Crippen molar-refractivity contribution in [3.63, 3.8) is 0 Å². The minimum Gasteiger partial charge on any atom is -0.403 e. The SMILES string of the molecule is CC1(C)OB(C(B2OC(C)(C)C(C)(C)O2)c2cccc3ccccc23)OC1(C)C. The van der Waals surface area contributed by atoms with Crippen molar-refractivity contribution in [2.24, 2.45) is 0 Å². The Morgan fingerprint density at radius 2 is 1.00 bits per heavy atom. The summed E-state index contributed by atoms with van der Waals surface area (Å²) < 4.78 is 26.0. The second-order valence-electron chi connectivity index (χ2n) is 10.3. The van der Waals surface area contributed by atoms with Crippen molar-refractivity contribution in [3.8, 4) is 0 Å². The zero-order valence-corrected chi connectivity index (χ0v) is 18.9. The lowest BCUT2D eigenvalue weighted by molar-refractivity contribution is 0.00578. The van der Waals surface area contributed by atoms with E-state index >= 15 is 0 Å². The highest BCUT2D eigenvalue weighted by Crippen LogP contribution is 2.47. The standard InChI is InChI=1S/C23H32B2O4/c1-20(2)21(3,4)27-24(26-20)19(25-28-22(5,6)23(7,8)29-25)18-15-11-13-16-12-9-10-14-17(16)18/h9-15,19H,1-8H3. The summed E-state index contributed by atoms with van der Waals surface area (Å²) in [6.07, 6.45) is 0. The number of rotatable bonds is 3. The van der Waals surface area contributed by atoms with E-state index in [0.29, 0.717) is 0 Å². The topological polar surface area (TPSA) is 36.9 Å². The molecule has 6 heteroatoms. The van der Waals surface area contributed by atoms with E-state index < -0.39 is 36.6 Å². The molecular formula is C23H32B2O4. The Balaban J connectivity index is 1.83. The van der Waals surface area contributed by atoms with Gasteiger partial charge in [0.15, 0.2) is 0 Å². The van der Waals surface area contributed by atoms with Gasteiger partial charge in [0, 0.05) is 0 Å². The predicted octanol–water partition coefficient (Wildman–Crippen LogP) is 5.19. The first-order valence-electron chi connectivity index (χ1n) is 10.5. The van der Waals surface area contributed by atoms with Crippen LogP contribution in [0.3, 0.4) is 0 Å². The molecule has 2 fully saturated rings. The van der Waals surface area contributed by atoms with Crippen LogP contribution in [0.1, 0.15) is 66.7 Å². The smallest absolute Gasteiger partial charge is 0.403 e. The molecular weight excluding hydrogens is 362 g/mol. The number of benzene rings is 2. The molecule has 29 heavy (non-hydrogen) atoms. The first kappa shape index (κ1) is 20.9. The highest BCUT2D eigenvalue weighted by molar-refractivity contribution is 6.68. The maximum absolute atomic E-state index is 6.50. The highest BCUT2D eigenvalue weighted by Gasteiger charge is 2.62. The fourth-order valence-corrected chi connectivity index (χ4v) is 4.03. The van der Waals surface area contributed by atoms with Crippen LogP contribution in [0.4, 0.5) is 0 Å². The quantitative estimate of drug-likeness (QED) is 0.672. The lowest BCUT2D eigenvalue weighted by atomic mass is 9.48. The first-order valence-corrected chi connectivity index (χ1v) is 10.5. The molecule has 154 valence electrons. The fraction of sp³-hybridized carbons (Fsp3) is 0.565. The number of fused-ring (bicyclic) bond motifs is 1. The van der Waals surface area contributed by atoms with E-state index in [4.69, 9.17) is 18.6 Å². The third-order valence-corrected chi connectivity index (χ3v) is 7.31. The van der Waals surface area contributed by atoms with Crippen molar-refractivity contribution in [1.82, 2.24) is 0 Å². The van der Waals surface area contributed by atoms with Gasteiger partial charge >= 0.3 is 14.2 Å². The lowest BCUT2D eigenvalue weighted by Gasteiger charge is -2.32. The van der Waals surface area contributed by atoms with Crippen molar-refractivity contribution in [2.45, 2.75) is 83.5 Å². The lowest BCUT2D eigenvalue weighted by Crippen LogP contribution is -2.41. The Bertz CT molecular complexity index is 849. The van der Waals surface area contributed by atoms with Gasteiger partial charge in [0.25, 0.3) is 0 Å². The Morgan fingerprint density at radius 1 is 0.586 bits per heavy atom.